The molecule has 0 spiro atoms. The second kappa shape index (κ2) is 9.91. The quantitative estimate of drug-likeness (QED) is 0.204. The number of carbonyl (C=O) groups excluding carboxylic acids is 5. The van der Waals surface area contributed by atoms with Gasteiger partial charge in [-0.1, -0.05) is 78.9 Å². The highest BCUT2D eigenvalue weighted by atomic mass is 16.6. The van der Waals surface area contributed by atoms with Crippen molar-refractivity contribution in [2.24, 2.45) is 11.8 Å². The highest BCUT2D eigenvalue weighted by Crippen LogP contribution is 2.51. The van der Waals surface area contributed by atoms with E-state index in [1.54, 1.807) is 24.3 Å². The molecule has 0 aromatic heterocycles. The van der Waals surface area contributed by atoms with Crippen molar-refractivity contribution < 1.29 is 33.4 Å². The molecule has 3 aromatic rings. The summed E-state index contributed by atoms with van der Waals surface area (Å²) in [6, 6.07) is 22.6. The van der Waals surface area contributed by atoms with Crippen molar-refractivity contribution in [3.05, 3.63) is 112 Å². The summed E-state index contributed by atoms with van der Waals surface area (Å²) in [6.45, 7) is 0. The largest absolute Gasteiger partial charge is 0.393 e. The molecule has 1 aliphatic carbocycles. The van der Waals surface area contributed by atoms with E-state index < -0.39 is 47.5 Å². The molecule has 2 saturated heterocycles. The third kappa shape index (κ3) is 4.72. The number of fused-ring (bicyclic) bond motifs is 3. The average Bonchev–Trinajstić information content (AvgIpc) is 3.43. The van der Waals surface area contributed by atoms with Gasteiger partial charge in [0.15, 0.2) is 5.78 Å². The topological polar surface area (TPSA) is 104 Å². The Morgan fingerprint density at radius 2 is 1.46 bits per heavy atom. The van der Waals surface area contributed by atoms with Crippen molar-refractivity contribution in [2.45, 2.75) is 31.1 Å². The van der Waals surface area contributed by atoms with Gasteiger partial charge >= 0.3 is 23.9 Å². The van der Waals surface area contributed by atoms with Gasteiger partial charge in [-0.15, -0.1) is 0 Å². The summed E-state index contributed by atoms with van der Waals surface area (Å²) in [5, 5.41) is 0. The maximum Gasteiger partial charge on any atom is 0.321 e. The Kier molecular flexibility index (Phi) is 6.27. The van der Waals surface area contributed by atoms with E-state index in [4.69, 9.17) is 9.47 Å². The van der Waals surface area contributed by atoms with Crippen LogP contribution < -0.4 is 0 Å². The molecule has 2 aliphatic heterocycles. The van der Waals surface area contributed by atoms with E-state index in [2.05, 4.69) is 0 Å². The van der Waals surface area contributed by atoms with E-state index in [0.29, 0.717) is 17.5 Å². The van der Waals surface area contributed by atoms with Crippen molar-refractivity contribution in [3.63, 3.8) is 0 Å². The van der Waals surface area contributed by atoms with Gasteiger partial charge in [0.25, 0.3) is 0 Å². The molecular weight excluding hydrogens is 496 g/mol. The third-order valence-corrected chi connectivity index (χ3v) is 7.82. The molecule has 4 atom stereocenters. The number of rotatable bonds is 6. The highest BCUT2D eigenvalue weighted by Gasteiger charge is 2.53. The monoisotopic (exact) mass is 520 g/mol. The van der Waals surface area contributed by atoms with E-state index in [9.17, 15) is 24.0 Å². The van der Waals surface area contributed by atoms with Crippen LogP contribution in [0.3, 0.4) is 0 Å². The fourth-order valence-electron chi connectivity index (χ4n) is 5.89. The minimum atomic E-state index is -0.716. The molecule has 2 fully saturated rings. The first-order valence-corrected chi connectivity index (χ1v) is 12.9. The number of esters is 4. The van der Waals surface area contributed by atoms with Crippen molar-refractivity contribution >= 4 is 35.7 Å². The number of hydrogen-bond acceptors (Lipinski definition) is 7. The molecule has 0 bridgehead atoms. The molecule has 194 valence electrons. The van der Waals surface area contributed by atoms with Crippen molar-refractivity contribution in [3.8, 4) is 0 Å². The van der Waals surface area contributed by atoms with Crippen LogP contribution in [0.15, 0.2) is 78.9 Å². The Balaban J connectivity index is 1.24. The molecule has 39 heavy (non-hydrogen) atoms. The van der Waals surface area contributed by atoms with Crippen molar-refractivity contribution in [1.82, 2.24) is 0 Å². The van der Waals surface area contributed by atoms with Gasteiger partial charge in [-0.3, -0.25) is 24.0 Å². The molecule has 0 amide bonds. The zero-order valence-corrected chi connectivity index (χ0v) is 20.9. The summed E-state index contributed by atoms with van der Waals surface area (Å²) < 4.78 is 9.75. The lowest BCUT2D eigenvalue weighted by atomic mass is 9.66. The maximum absolute atomic E-state index is 12.6. The summed E-state index contributed by atoms with van der Waals surface area (Å²) in [7, 11) is 0. The number of allylic oxidation sites excluding steroid dienone is 1. The minimum Gasteiger partial charge on any atom is -0.393 e. The van der Waals surface area contributed by atoms with Crippen LogP contribution in [-0.2, 0) is 35.1 Å². The highest BCUT2D eigenvalue weighted by molar-refractivity contribution is 6.06. The van der Waals surface area contributed by atoms with Gasteiger partial charge in [-0.25, -0.2) is 0 Å². The summed E-state index contributed by atoms with van der Waals surface area (Å²) in [5.74, 6) is -4.87. The van der Waals surface area contributed by atoms with Gasteiger partial charge in [0.2, 0.25) is 0 Å². The molecule has 6 rings (SSSR count). The van der Waals surface area contributed by atoms with Crippen LogP contribution in [-0.4, -0.2) is 29.7 Å². The molecule has 0 radical (unpaired) electrons. The Bertz CT molecular complexity index is 1530. The average molecular weight is 521 g/mol. The maximum atomic E-state index is 12.6. The SMILES string of the molecule is O=C1CC(C2CC3C(=O)OC(=O)C3c3cc(Cc4ccc(/C=C/C(=O)c5ccccc5)cc4)ccc32)C(=O)O1. The molecule has 3 aliphatic rings. The molecule has 0 N–H and O–H groups in total. The fourth-order valence-corrected chi connectivity index (χ4v) is 5.89. The van der Waals surface area contributed by atoms with Crippen LogP contribution in [0.25, 0.3) is 6.08 Å². The lowest BCUT2D eigenvalue weighted by Crippen LogP contribution is -2.31. The minimum absolute atomic E-state index is 0.0389. The Hall–Kier alpha value is -4.65. The summed E-state index contributed by atoms with van der Waals surface area (Å²) in [5.41, 5.74) is 4.95. The number of carbonyl (C=O) groups is 5. The fraction of sp³-hybridized carbons (Fsp3) is 0.219. The Labute approximate surface area is 224 Å². The van der Waals surface area contributed by atoms with E-state index in [-0.39, 0.29) is 18.6 Å². The van der Waals surface area contributed by atoms with Gasteiger partial charge < -0.3 is 9.47 Å². The number of benzene rings is 3. The molecule has 4 unspecified atom stereocenters. The number of ether oxygens (including phenoxy) is 2. The molecule has 0 saturated carbocycles. The van der Waals surface area contributed by atoms with Crippen LogP contribution in [0, 0.1) is 11.8 Å². The summed E-state index contributed by atoms with van der Waals surface area (Å²) in [4.78, 5) is 61.6. The zero-order chi connectivity index (χ0) is 27.1. The molecule has 3 aromatic carbocycles. The van der Waals surface area contributed by atoms with Gasteiger partial charge in [0.1, 0.15) is 0 Å². The first-order valence-electron chi connectivity index (χ1n) is 12.9. The van der Waals surface area contributed by atoms with Crippen LogP contribution in [0.5, 0.6) is 0 Å². The summed E-state index contributed by atoms with van der Waals surface area (Å²) in [6.07, 6.45) is 4.13. The Morgan fingerprint density at radius 3 is 2.18 bits per heavy atom. The van der Waals surface area contributed by atoms with Gasteiger partial charge in [0, 0.05) is 5.56 Å². The van der Waals surface area contributed by atoms with E-state index in [1.807, 2.05) is 60.7 Å². The number of hydrogen-bond donors (Lipinski definition) is 0. The predicted octanol–water partition coefficient (Wildman–Crippen LogP) is 4.53. The van der Waals surface area contributed by atoms with Crippen molar-refractivity contribution in [2.75, 3.05) is 0 Å². The first-order chi connectivity index (χ1) is 18.9. The number of ketones is 1. The van der Waals surface area contributed by atoms with Crippen molar-refractivity contribution in [1.29, 1.82) is 0 Å². The first kappa shape index (κ1) is 24.7. The smallest absolute Gasteiger partial charge is 0.321 e. The molecule has 7 nitrogen and oxygen atoms in total. The van der Waals surface area contributed by atoms with Crippen LogP contribution in [0.1, 0.15) is 62.9 Å². The second-order valence-electron chi connectivity index (χ2n) is 10.2. The van der Waals surface area contributed by atoms with E-state index in [0.717, 1.165) is 22.3 Å². The molecule has 2 heterocycles. The molecular formula is C32H24O7. The lowest BCUT2D eigenvalue weighted by molar-refractivity contribution is -0.155. The zero-order valence-electron chi connectivity index (χ0n) is 20.9. The predicted molar refractivity (Wildman–Crippen MR) is 139 cm³/mol. The van der Waals surface area contributed by atoms with Gasteiger partial charge in [-0.05, 0) is 52.7 Å². The normalized spacial score (nSPS) is 23.9. The summed E-state index contributed by atoms with van der Waals surface area (Å²) >= 11 is 0. The van der Waals surface area contributed by atoms with Gasteiger partial charge in [-0.2, -0.15) is 0 Å². The number of cyclic esters (lactones) is 4. The third-order valence-electron chi connectivity index (χ3n) is 7.82. The van der Waals surface area contributed by atoms with Crippen LogP contribution >= 0.6 is 0 Å². The molecule has 7 heteroatoms. The van der Waals surface area contributed by atoms with Gasteiger partial charge in [0.05, 0.1) is 24.2 Å². The van der Waals surface area contributed by atoms with Crippen LogP contribution in [0.4, 0.5) is 0 Å². The Morgan fingerprint density at radius 1 is 0.744 bits per heavy atom. The van der Waals surface area contributed by atoms with E-state index >= 15 is 0 Å². The van der Waals surface area contributed by atoms with Crippen LogP contribution in [0.2, 0.25) is 0 Å². The van der Waals surface area contributed by atoms with E-state index in [1.165, 1.54) is 0 Å². The standard InChI is InChI=1S/C32H24O7/c33-27(21-4-2-1-3-5-21)13-11-18-6-8-19(9-7-18)14-20-10-12-22-23(25-17-28(34)38-30(25)35)16-26-29(24(22)15-20)32(37)39-31(26)36/h1-13,15,23,25-26,29H,14,16-17H2/b13-11+. The second-order valence-corrected chi connectivity index (χ2v) is 10.2. The lowest BCUT2D eigenvalue weighted by Gasteiger charge is -2.33.